The maximum atomic E-state index is 6.42. The first kappa shape index (κ1) is 17.5. The van der Waals surface area contributed by atoms with E-state index in [-0.39, 0.29) is 0 Å². The highest BCUT2D eigenvalue weighted by molar-refractivity contribution is 7.98. The van der Waals surface area contributed by atoms with E-state index in [4.69, 9.17) is 27.9 Å². The number of ether oxygens (including phenoxy) is 1. The van der Waals surface area contributed by atoms with Gasteiger partial charge in [-0.05, 0) is 18.7 Å². The molecule has 0 bridgehead atoms. The second-order valence-electron chi connectivity index (χ2n) is 5.07. The molecule has 0 amide bonds. The van der Waals surface area contributed by atoms with Crippen LogP contribution >= 0.6 is 35.0 Å². The molecule has 3 aromatic rings. The predicted octanol–water partition coefficient (Wildman–Crippen LogP) is 4.91. The first-order valence-electron chi connectivity index (χ1n) is 7.46. The van der Waals surface area contributed by atoms with Crippen LogP contribution in [0.15, 0.2) is 29.4 Å². The van der Waals surface area contributed by atoms with Crippen molar-refractivity contribution in [3.63, 3.8) is 0 Å². The third-order valence-corrected chi connectivity index (χ3v) is 4.55. The summed E-state index contributed by atoms with van der Waals surface area (Å²) in [6.07, 6.45) is 2.84. The lowest BCUT2D eigenvalue weighted by molar-refractivity contribution is 0.0720. The van der Waals surface area contributed by atoms with Gasteiger partial charge in [-0.3, -0.25) is 0 Å². The molecule has 8 heteroatoms. The Hall–Kier alpha value is -1.34. The summed E-state index contributed by atoms with van der Waals surface area (Å²) in [6.45, 7) is 3.01. The summed E-state index contributed by atoms with van der Waals surface area (Å²) in [5.41, 5.74) is 2.10. The van der Waals surface area contributed by atoms with Gasteiger partial charge in [0.25, 0.3) is 0 Å². The Morgan fingerprint density at radius 1 is 1.21 bits per heavy atom. The van der Waals surface area contributed by atoms with Gasteiger partial charge in [0.1, 0.15) is 17.6 Å². The second-order valence-corrected chi connectivity index (χ2v) is 6.60. The SMILES string of the molecule is CCCOCn1nc(-c2ccccc2Cl)c2c(Cl)nc(SC)nc21. The summed E-state index contributed by atoms with van der Waals surface area (Å²) in [4.78, 5) is 8.88. The van der Waals surface area contributed by atoms with Gasteiger partial charge in [-0.2, -0.15) is 5.10 Å². The van der Waals surface area contributed by atoms with Gasteiger partial charge in [-0.1, -0.05) is 60.1 Å². The van der Waals surface area contributed by atoms with Gasteiger partial charge in [-0.25, -0.2) is 14.6 Å². The van der Waals surface area contributed by atoms with Gasteiger partial charge >= 0.3 is 0 Å². The van der Waals surface area contributed by atoms with E-state index in [1.807, 2.05) is 30.5 Å². The summed E-state index contributed by atoms with van der Waals surface area (Å²) in [7, 11) is 0. The van der Waals surface area contributed by atoms with E-state index < -0.39 is 0 Å². The van der Waals surface area contributed by atoms with Gasteiger partial charge in [0.2, 0.25) is 0 Å². The lowest BCUT2D eigenvalue weighted by atomic mass is 10.1. The average molecular weight is 383 g/mol. The first-order chi connectivity index (χ1) is 11.7. The van der Waals surface area contributed by atoms with Crippen LogP contribution in [0.2, 0.25) is 10.2 Å². The minimum atomic E-state index is 0.302. The normalized spacial score (nSPS) is 11.3. The van der Waals surface area contributed by atoms with Crippen LogP contribution in [0.25, 0.3) is 22.3 Å². The third-order valence-electron chi connectivity index (χ3n) is 3.40. The summed E-state index contributed by atoms with van der Waals surface area (Å²) in [5, 5.41) is 6.88. The Morgan fingerprint density at radius 3 is 2.71 bits per heavy atom. The molecule has 0 saturated heterocycles. The summed E-state index contributed by atoms with van der Waals surface area (Å²) in [5.74, 6) is 0. The Morgan fingerprint density at radius 2 is 2.00 bits per heavy atom. The average Bonchev–Trinajstić information content (AvgIpc) is 2.94. The van der Waals surface area contributed by atoms with Crippen LogP contribution in [-0.2, 0) is 11.5 Å². The first-order valence-corrected chi connectivity index (χ1v) is 9.44. The minimum absolute atomic E-state index is 0.302. The molecule has 0 spiro atoms. The van der Waals surface area contributed by atoms with Crippen molar-refractivity contribution in [3.8, 4) is 11.3 Å². The molecular weight excluding hydrogens is 367 g/mol. The molecule has 0 aliphatic carbocycles. The van der Waals surface area contributed by atoms with Crippen LogP contribution in [0.1, 0.15) is 13.3 Å². The Labute approximate surface area is 154 Å². The van der Waals surface area contributed by atoms with Gasteiger partial charge in [-0.15, -0.1) is 0 Å². The molecule has 0 aliphatic heterocycles. The van der Waals surface area contributed by atoms with Gasteiger partial charge < -0.3 is 4.74 Å². The Bertz CT molecular complexity index is 869. The van der Waals surface area contributed by atoms with Gasteiger partial charge in [0.15, 0.2) is 10.8 Å². The number of nitrogens with zero attached hydrogens (tertiary/aromatic N) is 4. The zero-order chi connectivity index (χ0) is 17.1. The van der Waals surface area contributed by atoms with E-state index in [9.17, 15) is 0 Å². The largest absolute Gasteiger partial charge is 0.359 e. The Kier molecular flexibility index (Phi) is 5.61. The number of halogens is 2. The molecule has 0 atom stereocenters. The fourth-order valence-electron chi connectivity index (χ4n) is 2.33. The maximum Gasteiger partial charge on any atom is 0.190 e. The topological polar surface area (TPSA) is 52.8 Å². The van der Waals surface area contributed by atoms with Crippen molar-refractivity contribution in [2.45, 2.75) is 25.2 Å². The van der Waals surface area contributed by atoms with Crippen molar-refractivity contribution in [3.05, 3.63) is 34.4 Å². The van der Waals surface area contributed by atoms with E-state index in [1.165, 1.54) is 11.8 Å². The van der Waals surface area contributed by atoms with Crippen molar-refractivity contribution < 1.29 is 4.74 Å². The van der Waals surface area contributed by atoms with Crippen LogP contribution in [0.3, 0.4) is 0 Å². The van der Waals surface area contributed by atoms with Crippen LogP contribution < -0.4 is 0 Å². The van der Waals surface area contributed by atoms with E-state index in [1.54, 1.807) is 4.68 Å². The Balaban J connectivity index is 2.20. The van der Waals surface area contributed by atoms with Crippen molar-refractivity contribution in [1.82, 2.24) is 19.7 Å². The van der Waals surface area contributed by atoms with E-state index in [0.29, 0.717) is 45.4 Å². The van der Waals surface area contributed by atoms with E-state index in [0.717, 1.165) is 12.0 Å². The minimum Gasteiger partial charge on any atom is -0.359 e. The monoisotopic (exact) mass is 382 g/mol. The highest BCUT2D eigenvalue weighted by Gasteiger charge is 2.20. The quantitative estimate of drug-likeness (QED) is 0.262. The van der Waals surface area contributed by atoms with E-state index in [2.05, 4.69) is 22.0 Å². The smallest absolute Gasteiger partial charge is 0.190 e. The standard InChI is InChI=1S/C16H16Cl2N4OS/c1-3-8-23-9-22-15-12(14(18)19-16(20-15)24-2)13(21-22)10-6-4-5-7-11(10)17/h4-7H,3,8-9H2,1-2H3. The zero-order valence-corrected chi connectivity index (χ0v) is 15.6. The molecule has 2 aromatic heterocycles. The highest BCUT2D eigenvalue weighted by Crippen LogP contribution is 2.35. The molecule has 0 saturated carbocycles. The molecule has 0 unspecified atom stereocenters. The predicted molar refractivity (Wildman–Crippen MR) is 98.8 cm³/mol. The molecule has 0 aliphatic rings. The fourth-order valence-corrected chi connectivity index (χ4v) is 3.22. The van der Waals surface area contributed by atoms with Crippen LogP contribution in [0, 0.1) is 0 Å². The second kappa shape index (κ2) is 7.70. The molecule has 3 rings (SSSR count). The lowest BCUT2D eigenvalue weighted by Crippen LogP contribution is -2.06. The fraction of sp³-hybridized carbons (Fsp3) is 0.312. The molecule has 5 nitrogen and oxygen atoms in total. The number of hydrogen-bond acceptors (Lipinski definition) is 5. The summed E-state index contributed by atoms with van der Waals surface area (Å²) in [6, 6.07) is 7.50. The van der Waals surface area contributed by atoms with Crippen LogP contribution in [-0.4, -0.2) is 32.6 Å². The third kappa shape index (κ3) is 3.37. The molecule has 126 valence electrons. The summed E-state index contributed by atoms with van der Waals surface area (Å²) < 4.78 is 7.33. The molecule has 0 N–H and O–H groups in total. The number of rotatable bonds is 6. The zero-order valence-electron chi connectivity index (χ0n) is 13.3. The molecular formula is C16H16Cl2N4OS. The van der Waals surface area contributed by atoms with E-state index >= 15 is 0 Å². The number of aromatic nitrogens is 4. The maximum absolute atomic E-state index is 6.42. The van der Waals surface area contributed by atoms with Crippen molar-refractivity contribution in [1.29, 1.82) is 0 Å². The molecule has 0 radical (unpaired) electrons. The van der Waals surface area contributed by atoms with Crippen molar-refractivity contribution >= 4 is 46.0 Å². The van der Waals surface area contributed by atoms with Gasteiger partial charge in [0, 0.05) is 12.2 Å². The van der Waals surface area contributed by atoms with Crippen LogP contribution in [0.5, 0.6) is 0 Å². The molecule has 2 heterocycles. The summed E-state index contributed by atoms with van der Waals surface area (Å²) >= 11 is 14.2. The number of fused-ring (bicyclic) bond motifs is 1. The molecule has 1 aromatic carbocycles. The van der Waals surface area contributed by atoms with Gasteiger partial charge in [0.05, 0.1) is 10.4 Å². The van der Waals surface area contributed by atoms with Crippen molar-refractivity contribution in [2.24, 2.45) is 0 Å². The lowest BCUT2D eigenvalue weighted by Gasteiger charge is -2.04. The highest BCUT2D eigenvalue weighted by atomic mass is 35.5. The van der Waals surface area contributed by atoms with Crippen LogP contribution in [0.4, 0.5) is 0 Å². The number of hydrogen-bond donors (Lipinski definition) is 0. The number of thioether (sulfide) groups is 1. The van der Waals surface area contributed by atoms with Crippen molar-refractivity contribution in [2.75, 3.05) is 12.9 Å². The molecule has 0 fully saturated rings. The number of benzene rings is 1. The molecule has 24 heavy (non-hydrogen) atoms.